The van der Waals surface area contributed by atoms with Crippen LogP contribution in [0.3, 0.4) is 0 Å². The molecule has 2 saturated heterocycles. The minimum absolute atomic E-state index is 0.610. The van der Waals surface area contributed by atoms with E-state index in [0.717, 1.165) is 57.1 Å². The van der Waals surface area contributed by atoms with E-state index in [1.807, 2.05) is 7.05 Å². The number of likely N-dealkylation sites (tertiary alicyclic amines) is 1. The minimum atomic E-state index is 0.610. The number of nitrogens with one attached hydrogen (secondary N) is 1. The highest BCUT2D eigenvalue weighted by atomic mass is 16.5. The second-order valence-electron chi connectivity index (χ2n) is 8.92. The zero-order chi connectivity index (χ0) is 19.9. The Bertz CT molecular complexity index is 631. The number of hydrogen-bond acceptors (Lipinski definition) is 3. The molecule has 2 heterocycles. The van der Waals surface area contributed by atoms with Gasteiger partial charge in [-0.1, -0.05) is 38.1 Å². The first-order valence-corrected chi connectivity index (χ1v) is 10.8. The van der Waals surface area contributed by atoms with Gasteiger partial charge in [-0.15, -0.1) is 0 Å². The average molecular weight is 387 g/mol. The van der Waals surface area contributed by atoms with Crippen LogP contribution in [0, 0.1) is 17.8 Å². The van der Waals surface area contributed by atoms with Crippen LogP contribution in [-0.2, 0) is 17.8 Å². The molecule has 5 nitrogen and oxygen atoms in total. The van der Waals surface area contributed by atoms with Crippen LogP contribution in [0.5, 0.6) is 0 Å². The summed E-state index contributed by atoms with van der Waals surface area (Å²) in [6.45, 7) is 11.8. The Morgan fingerprint density at radius 3 is 2.57 bits per heavy atom. The van der Waals surface area contributed by atoms with Crippen LogP contribution in [0.2, 0.25) is 0 Å². The van der Waals surface area contributed by atoms with Gasteiger partial charge in [0.05, 0.1) is 6.61 Å². The number of guanidine groups is 1. The molecule has 0 aromatic heterocycles. The van der Waals surface area contributed by atoms with Gasteiger partial charge in [-0.25, -0.2) is 0 Å². The van der Waals surface area contributed by atoms with Crippen LogP contribution in [0.1, 0.15) is 37.8 Å². The molecule has 0 saturated carbocycles. The molecule has 2 aliphatic heterocycles. The highest BCUT2D eigenvalue weighted by Crippen LogP contribution is 2.23. The van der Waals surface area contributed by atoms with Crippen molar-refractivity contribution in [3.05, 3.63) is 35.4 Å². The first kappa shape index (κ1) is 21.1. The molecule has 1 aromatic rings. The monoisotopic (exact) mass is 386 g/mol. The van der Waals surface area contributed by atoms with Gasteiger partial charge in [-0.3, -0.25) is 9.89 Å². The lowest BCUT2D eigenvalue weighted by Gasteiger charge is -2.35. The van der Waals surface area contributed by atoms with Crippen LogP contribution >= 0.6 is 0 Å². The topological polar surface area (TPSA) is 40.1 Å². The molecule has 0 spiro atoms. The summed E-state index contributed by atoms with van der Waals surface area (Å²) >= 11 is 0. The van der Waals surface area contributed by atoms with Crippen molar-refractivity contribution in [2.45, 2.75) is 39.8 Å². The Kier molecular flexibility index (Phi) is 7.74. The van der Waals surface area contributed by atoms with E-state index in [1.165, 1.54) is 30.6 Å². The van der Waals surface area contributed by atoms with E-state index < -0.39 is 0 Å². The molecule has 1 N–H and O–H groups in total. The maximum Gasteiger partial charge on any atom is 0.193 e. The Morgan fingerprint density at radius 1 is 1.21 bits per heavy atom. The molecule has 3 unspecified atom stereocenters. The Balaban J connectivity index is 1.57. The number of rotatable bonds is 6. The van der Waals surface area contributed by atoms with Crippen molar-refractivity contribution in [3.63, 3.8) is 0 Å². The van der Waals surface area contributed by atoms with Crippen LogP contribution in [0.4, 0.5) is 0 Å². The fourth-order valence-electron chi connectivity index (χ4n) is 4.81. The van der Waals surface area contributed by atoms with Crippen molar-refractivity contribution in [1.82, 2.24) is 15.1 Å². The first-order chi connectivity index (χ1) is 13.5. The van der Waals surface area contributed by atoms with Crippen molar-refractivity contribution in [3.8, 4) is 0 Å². The molecule has 28 heavy (non-hydrogen) atoms. The standard InChI is InChI=1S/C23H38N4O/c1-18-11-19(2)14-27(13-18)16-22-8-6-5-7-21(22)12-25-23(24-3)26(4)15-20-9-10-28-17-20/h5-8,18-20H,9-17H2,1-4H3,(H,24,25). The van der Waals surface area contributed by atoms with Gasteiger partial charge in [0.15, 0.2) is 5.96 Å². The van der Waals surface area contributed by atoms with Gasteiger partial charge in [0, 0.05) is 59.3 Å². The maximum atomic E-state index is 5.51. The van der Waals surface area contributed by atoms with Crippen LogP contribution < -0.4 is 5.32 Å². The maximum absolute atomic E-state index is 5.51. The molecule has 0 radical (unpaired) electrons. The number of ether oxygens (including phenoxy) is 1. The summed E-state index contributed by atoms with van der Waals surface area (Å²) in [5, 5.41) is 3.57. The molecular weight excluding hydrogens is 348 g/mol. The predicted octanol–water partition coefficient (Wildman–Crippen LogP) is 3.21. The summed E-state index contributed by atoms with van der Waals surface area (Å²) in [5.41, 5.74) is 2.80. The zero-order valence-electron chi connectivity index (χ0n) is 18.2. The van der Waals surface area contributed by atoms with E-state index in [2.05, 4.69) is 65.3 Å². The predicted molar refractivity (Wildman–Crippen MR) is 116 cm³/mol. The second-order valence-corrected chi connectivity index (χ2v) is 8.92. The normalized spacial score (nSPS) is 26.4. The van der Waals surface area contributed by atoms with Crippen molar-refractivity contribution < 1.29 is 4.74 Å². The fourth-order valence-corrected chi connectivity index (χ4v) is 4.81. The summed E-state index contributed by atoms with van der Waals surface area (Å²) in [4.78, 5) is 9.35. The van der Waals surface area contributed by atoms with Gasteiger partial charge in [0.25, 0.3) is 0 Å². The van der Waals surface area contributed by atoms with Gasteiger partial charge in [0.1, 0.15) is 0 Å². The highest BCUT2D eigenvalue weighted by Gasteiger charge is 2.22. The van der Waals surface area contributed by atoms with Crippen LogP contribution in [0.25, 0.3) is 0 Å². The molecular formula is C23H38N4O. The lowest BCUT2D eigenvalue weighted by Crippen LogP contribution is -2.41. The summed E-state index contributed by atoms with van der Waals surface area (Å²) in [5.74, 6) is 3.16. The van der Waals surface area contributed by atoms with E-state index in [4.69, 9.17) is 4.74 Å². The molecule has 3 atom stereocenters. The third-order valence-electron chi connectivity index (χ3n) is 6.02. The third kappa shape index (κ3) is 5.95. The second kappa shape index (κ2) is 10.3. The average Bonchev–Trinajstić information content (AvgIpc) is 3.15. The number of piperidine rings is 1. The molecule has 0 amide bonds. The molecule has 5 heteroatoms. The third-order valence-corrected chi connectivity index (χ3v) is 6.02. The molecule has 3 rings (SSSR count). The van der Waals surface area contributed by atoms with Crippen molar-refractivity contribution in [2.75, 3.05) is 46.9 Å². The SMILES string of the molecule is CN=C(NCc1ccccc1CN1CC(C)CC(C)C1)N(C)CC1CCOC1. The van der Waals surface area contributed by atoms with Crippen molar-refractivity contribution in [2.24, 2.45) is 22.7 Å². The first-order valence-electron chi connectivity index (χ1n) is 10.8. The lowest BCUT2D eigenvalue weighted by atomic mass is 9.91. The summed E-state index contributed by atoms with van der Waals surface area (Å²) in [6.07, 6.45) is 2.51. The summed E-state index contributed by atoms with van der Waals surface area (Å²) in [7, 11) is 3.99. The Morgan fingerprint density at radius 2 is 1.93 bits per heavy atom. The number of aliphatic imine (C=N–C) groups is 1. The summed E-state index contributed by atoms with van der Waals surface area (Å²) in [6, 6.07) is 8.83. The summed E-state index contributed by atoms with van der Waals surface area (Å²) < 4.78 is 5.51. The molecule has 156 valence electrons. The van der Waals surface area contributed by atoms with Crippen LogP contribution in [-0.4, -0.2) is 62.7 Å². The molecule has 0 bridgehead atoms. The van der Waals surface area contributed by atoms with Gasteiger partial charge >= 0.3 is 0 Å². The Labute approximate surface area is 171 Å². The van der Waals surface area contributed by atoms with E-state index >= 15 is 0 Å². The number of hydrogen-bond donors (Lipinski definition) is 1. The quantitative estimate of drug-likeness (QED) is 0.602. The lowest BCUT2D eigenvalue weighted by molar-refractivity contribution is 0.134. The molecule has 1 aromatic carbocycles. The number of benzene rings is 1. The fraction of sp³-hybridized carbons (Fsp3) is 0.696. The van der Waals surface area contributed by atoms with Gasteiger partial charge in [-0.2, -0.15) is 0 Å². The van der Waals surface area contributed by atoms with E-state index in [-0.39, 0.29) is 0 Å². The minimum Gasteiger partial charge on any atom is -0.381 e. The van der Waals surface area contributed by atoms with Crippen molar-refractivity contribution in [1.29, 1.82) is 0 Å². The van der Waals surface area contributed by atoms with Crippen molar-refractivity contribution >= 4 is 5.96 Å². The van der Waals surface area contributed by atoms with Gasteiger partial charge in [0.2, 0.25) is 0 Å². The molecule has 2 fully saturated rings. The number of nitrogens with zero attached hydrogens (tertiary/aromatic N) is 3. The largest absolute Gasteiger partial charge is 0.381 e. The molecule has 2 aliphatic rings. The zero-order valence-corrected chi connectivity index (χ0v) is 18.2. The van der Waals surface area contributed by atoms with E-state index in [9.17, 15) is 0 Å². The van der Waals surface area contributed by atoms with Gasteiger partial charge < -0.3 is 15.0 Å². The Hall–Kier alpha value is -1.59. The van der Waals surface area contributed by atoms with Crippen LogP contribution in [0.15, 0.2) is 29.3 Å². The van der Waals surface area contributed by atoms with E-state index in [0.29, 0.717) is 5.92 Å². The highest BCUT2D eigenvalue weighted by molar-refractivity contribution is 5.79. The van der Waals surface area contributed by atoms with Gasteiger partial charge in [-0.05, 0) is 35.8 Å². The smallest absolute Gasteiger partial charge is 0.193 e. The van der Waals surface area contributed by atoms with E-state index in [1.54, 1.807) is 0 Å². The molecule has 0 aliphatic carbocycles.